The van der Waals surface area contributed by atoms with Gasteiger partial charge in [-0.3, -0.25) is 4.90 Å². The average molecular weight is 286 g/mol. The minimum absolute atomic E-state index is 0.265. The summed E-state index contributed by atoms with van der Waals surface area (Å²) in [6.45, 7) is 8.03. The van der Waals surface area contributed by atoms with Crippen molar-refractivity contribution in [3.05, 3.63) is 11.1 Å². The Morgan fingerprint density at radius 2 is 2.32 bits per heavy atom. The number of nitrogens with zero attached hydrogens (tertiary/aromatic N) is 4. The molecule has 2 heterocycles. The summed E-state index contributed by atoms with van der Waals surface area (Å²) in [7, 11) is 1.69. The summed E-state index contributed by atoms with van der Waals surface area (Å²) in [4.78, 5) is 2.34. The molecule has 0 amide bonds. The van der Waals surface area contributed by atoms with E-state index in [-0.39, 0.29) is 6.10 Å². The third-order valence-corrected chi connectivity index (χ3v) is 3.83. The van der Waals surface area contributed by atoms with E-state index in [0.29, 0.717) is 19.3 Å². The van der Waals surface area contributed by atoms with Crippen molar-refractivity contribution in [1.82, 2.24) is 19.2 Å². The Balaban J connectivity index is 2.02. The molecule has 0 N–H and O–H groups in total. The Kier molecular flexibility index (Phi) is 5.09. The maximum absolute atomic E-state index is 5.63. The fourth-order valence-electron chi connectivity index (χ4n) is 2.15. The highest BCUT2D eigenvalue weighted by Crippen LogP contribution is 2.12. The zero-order chi connectivity index (χ0) is 13.8. The van der Waals surface area contributed by atoms with Gasteiger partial charge >= 0.3 is 0 Å². The molecule has 1 aromatic heterocycles. The molecular formula is C12H22N4O2S. The number of aromatic nitrogens is 3. The fraction of sp³-hybridized carbons (Fsp3) is 0.833. The van der Waals surface area contributed by atoms with Crippen molar-refractivity contribution in [2.24, 2.45) is 0 Å². The molecule has 1 saturated heterocycles. The highest BCUT2D eigenvalue weighted by Gasteiger charge is 2.23. The van der Waals surface area contributed by atoms with Gasteiger partial charge < -0.3 is 14.0 Å². The Hall–Kier alpha value is -0.760. The van der Waals surface area contributed by atoms with Crippen LogP contribution in [-0.2, 0) is 22.7 Å². The lowest BCUT2D eigenvalue weighted by Gasteiger charge is -2.36. The van der Waals surface area contributed by atoms with E-state index >= 15 is 0 Å². The van der Waals surface area contributed by atoms with Crippen LogP contribution in [0.3, 0.4) is 0 Å². The van der Waals surface area contributed by atoms with Crippen molar-refractivity contribution in [3.63, 3.8) is 0 Å². The Morgan fingerprint density at radius 1 is 1.53 bits per heavy atom. The first kappa shape index (κ1) is 14.6. The van der Waals surface area contributed by atoms with Crippen LogP contribution in [0.15, 0.2) is 6.33 Å². The molecule has 7 heteroatoms. The van der Waals surface area contributed by atoms with E-state index < -0.39 is 0 Å². The maximum Gasteiger partial charge on any atom is 0.198 e. The molecule has 0 spiro atoms. The highest BCUT2D eigenvalue weighted by atomic mass is 32.1. The first-order valence-electron chi connectivity index (χ1n) is 6.58. The van der Waals surface area contributed by atoms with Crippen LogP contribution in [0.5, 0.6) is 0 Å². The van der Waals surface area contributed by atoms with Crippen molar-refractivity contribution in [1.29, 1.82) is 0 Å². The third kappa shape index (κ3) is 3.62. The van der Waals surface area contributed by atoms with Crippen molar-refractivity contribution in [2.45, 2.75) is 39.2 Å². The number of hydrogen-bond donors (Lipinski definition) is 0. The molecule has 2 unspecified atom stereocenters. The third-order valence-electron chi connectivity index (χ3n) is 3.39. The zero-order valence-electron chi connectivity index (χ0n) is 11.8. The van der Waals surface area contributed by atoms with Crippen LogP contribution in [0.25, 0.3) is 0 Å². The largest absolute Gasteiger partial charge is 0.383 e. The summed E-state index contributed by atoms with van der Waals surface area (Å²) >= 11 is 5.43. The van der Waals surface area contributed by atoms with Gasteiger partial charge in [0.25, 0.3) is 0 Å². The first-order valence-corrected chi connectivity index (χ1v) is 6.99. The van der Waals surface area contributed by atoms with Crippen LogP contribution in [-0.4, -0.2) is 58.3 Å². The second-order valence-corrected chi connectivity index (χ2v) is 5.37. The van der Waals surface area contributed by atoms with Crippen molar-refractivity contribution < 1.29 is 9.47 Å². The minimum Gasteiger partial charge on any atom is -0.383 e. The Labute approximate surface area is 118 Å². The molecule has 1 aliphatic rings. The Morgan fingerprint density at radius 3 is 3.05 bits per heavy atom. The number of ether oxygens (including phenoxy) is 2. The van der Waals surface area contributed by atoms with E-state index in [1.54, 1.807) is 13.4 Å². The molecule has 1 aliphatic heterocycles. The van der Waals surface area contributed by atoms with Gasteiger partial charge in [0.05, 0.1) is 26.0 Å². The van der Waals surface area contributed by atoms with E-state index in [0.717, 1.165) is 24.5 Å². The summed E-state index contributed by atoms with van der Waals surface area (Å²) in [5.41, 5.74) is 0. The molecular weight excluding hydrogens is 264 g/mol. The standard InChI is InChI=1S/C12H22N4O2S/c1-10-7-18-11(2)6-15(10)9-16-12(19)14(8-13-16)4-5-17-3/h8,10-11H,4-7,9H2,1-3H3. The summed E-state index contributed by atoms with van der Waals surface area (Å²) in [5.74, 6) is 0. The van der Waals surface area contributed by atoms with Crippen LogP contribution in [0, 0.1) is 4.77 Å². The van der Waals surface area contributed by atoms with Gasteiger partial charge in [-0.1, -0.05) is 0 Å². The molecule has 6 nitrogen and oxygen atoms in total. The van der Waals surface area contributed by atoms with Gasteiger partial charge in [-0.2, -0.15) is 5.10 Å². The monoisotopic (exact) mass is 286 g/mol. The smallest absolute Gasteiger partial charge is 0.198 e. The molecule has 108 valence electrons. The Bertz CT molecular complexity index is 459. The summed E-state index contributed by atoms with van der Waals surface area (Å²) in [5, 5.41) is 4.36. The fourth-order valence-corrected chi connectivity index (χ4v) is 2.40. The second kappa shape index (κ2) is 6.60. The van der Waals surface area contributed by atoms with Crippen LogP contribution in [0.2, 0.25) is 0 Å². The molecule has 0 radical (unpaired) electrons. The molecule has 19 heavy (non-hydrogen) atoms. The predicted octanol–water partition coefficient (Wildman–Crippen LogP) is 1.13. The highest BCUT2D eigenvalue weighted by molar-refractivity contribution is 7.71. The van der Waals surface area contributed by atoms with E-state index in [4.69, 9.17) is 21.7 Å². The van der Waals surface area contributed by atoms with Gasteiger partial charge in [-0.15, -0.1) is 0 Å². The van der Waals surface area contributed by atoms with Crippen molar-refractivity contribution in [3.8, 4) is 0 Å². The van der Waals surface area contributed by atoms with Gasteiger partial charge in [-0.25, -0.2) is 4.68 Å². The summed E-state index contributed by atoms with van der Waals surface area (Å²) < 4.78 is 15.2. The SMILES string of the molecule is COCCn1cnn(CN2CC(C)OCC2C)c1=S. The lowest BCUT2D eigenvalue weighted by atomic mass is 10.2. The maximum atomic E-state index is 5.63. The van der Waals surface area contributed by atoms with Crippen LogP contribution in [0.4, 0.5) is 0 Å². The minimum atomic E-state index is 0.265. The lowest BCUT2D eigenvalue weighted by molar-refractivity contribution is -0.0625. The molecule has 0 saturated carbocycles. The van der Waals surface area contributed by atoms with Gasteiger partial charge in [0.15, 0.2) is 4.77 Å². The number of hydrogen-bond acceptors (Lipinski definition) is 5. The zero-order valence-corrected chi connectivity index (χ0v) is 12.6. The van der Waals surface area contributed by atoms with E-state index in [1.165, 1.54) is 0 Å². The van der Waals surface area contributed by atoms with Crippen LogP contribution >= 0.6 is 12.2 Å². The molecule has 0 aromatic carbocycles. The topological polar surface area (TPSA) is 44.5 Å². The molecule has 0 bridgehead atoms. The molecule has 2 atom stereocenters. The molecule has 1 aromatic rings. The summed E-state index contributed by atoms with van der Waals surface area (Å²) in [6.07, 6.45) is 2.04. The van der Waals surface area contributed by atoms with Gasteiger partial charge in [0.1, 0.15) is 6.33 Å². The first-order chi connectivity index (χ1) is 9.11. The van der Waals surface area contributed by atoms with Crippen molar-refractivity contribution in [2.75, 3.05) is 26.9 Å². The normalized spacial score (nSPS) is 24.8. The van der Waals surface area contributed by atoms with E-state index in [2.05, 4.69) is 23.8 Å². The molecule has 2 rings (SSSR count). The van der Waals surface area contributed by atoms with Crippen LogP contribution in [0.1, 0.15) is 13.8 Å². The predicted molar refractivity (Wildman–Crippen MR) is 74.5 cm³/mol. The lowest BCUT2D eigenvalue weighted by Crippen LogP contribution is -2.47. The number of morpholine rings is 1. The van der Waals surface area contributed by atoms with Gasteiger partial charge in [0, 0.05) is 26.2 Å². The van der Waals surface area contributed by atoms with E-state index in [9.17, 15) is 0 Å². The van der Waals surface area contributed by atoms with Gasteiger partial charge in [-0.05, 0) is 26.1 Å². The summed E-state index contributed by atoms with van der Waals surface area (Å²) in [6, 6.07) is 0.391. The number of rotatable bonds is 5. The quantitative estimate of drug-likeness (QED) is 0.759. The molecule has 0 aliphatic carbocycles. The second-order valence-electron chi connectivity index (χ2n) is 5.00. The van der Waals surface area contributed by atoms with E-state index in [1.807, 2.05) is 9.25 Å². The number of methoxy groups -OCH3 is 1. The molecule has 1 fully saturated rings. The average Bonchev–Trinajstić information content (AvgIpc) is 2.73. The van der Waals surface area contributed by atoms with Crippen LogP contribution < -0.4 is 0 Å². The van der Waals surface area contributed by atoms with Gasteiger partial charge in [0.2, 0.25) is 0 Å². The van der Waals surface area contributed by atoms with Crippen molar-refractivity contribution >= 4 is 12.2 Å².